The van der Waals surface area contributed by atoms with E-state index in [-0.39, 0.29) is 5.69 Å². The van der Waals surface area contributed by atoms with Gasteiger partial charge in [0, 0.05) is 28.8 Å². The monoisotopic (exact) mass is 296 g/mol. The lowest BCUT2D eigenvalue weighted by atomic mass is 10.2. The van der Waals surface area contributed by atoms with E-state index in [1.54, 1.807) is 24.5 Å². The number of aromatic nitrogens is 2. The summed E-state index contributed by atoms with van der Waals surface area (Å²) in [6.45, 7) is 0.370. The van der Waals surface area contributed by atoms with Crippen LogP contribution < -0.4 is 5.32 Å². The van der Waals surface area contributed by atoms with Gasteiger partial charge in [-0.05, 0) is 12.1 Å². The van der Waals surface area contributed by atoms with Crippen LogP contribution in [0.5, 0.6) is 0 Å². The van der Waals surface area contributed by atoms with Crippen molar-refractivity contribution in [2.75, 3.05) is 5.32 Å². The van der Waals surface area contributed by atoms with E-state index in [9.17, 15) is 10.1 Å². The number of hydrogen-bond acceptors (Lipinski definition) is 4. The van der Waals surface area contributed by atoms with Crippen LogP contribution in [-0.2, 0) is 6.54 Å². The summed E-state index contributed by atoms with van der Waals surface area (Å²) in [5, 5.41) is 20.3. The number of benzene rings is 1. The zero-order valence-corrected chi connectivity index (χ0v) is 10.3. The summed E-state index contributed by atoms with van der Waals surface area (Å²) in [5.74, 6) is 0. The summed E-state index contributed by atoms with van der Waals surface area (Å²) in [6, 6.07) is 4.86. The Morgan fingerprint density at radius 2 is 2.35 bits per heavy atom. The fraction of sp³-hybridized carbons (Fsp3) is 0.100. The highest BCUT2D eigenvalue weighted by molar-refractivity contribution is 9.10. The Labute approximate surface area is 105 Å². The molecule has 0 fully saturated rings. The number of H-pyrrole nitrogens is 1. The van der Waals surface area contributed by atoms with E-state index in [0.717, 1.165) is 10.2 Å². The van der Waals surface area contributed by atoms with Crippen molar-refractivity contribution in [3.05, 3.63) is 50.7 Å². The molecule has 0 spiro atoms. The smallest absolute Gasteiger partial charge is 0.274 e. The number of aromatic amines is 1. The van der Waals surface area contributed by atoms with E-state index in [2.05, 4.69) is 31.4 Å². The van der Waals surface area contributed by atoms with Crippen LogP contribution in [0.3, 0.4) is 0 Å². The van der Waals surface area contributed by atoms with Crippen LogP contribution in [0.4, 0.5) is 11.4 Å². The Hall–Kier alpha value is -1.89. The Kier molecular flexibility index (Phi) is 3.38. The molecule has 0 aliphatic rings. The minimum Gasteiger partial charge on any atom is -0.378 e. The molecule has 0 aliphatic carbocycles. The zero-order chi connectivity index (χ0) is 12.3. The first-order valence-corrected chi connectivity index (χ1v) is 5.61. The number of nitro groups is 1. The van der Waals surface area contributed by atoms with Crippen LogP contribution >= 0.6 is 15.9 Å². The highest BCUT2D eigenvalue weighted by Gasteiger charge is 2.13. The number of hydrogen-bond donors (Lipinski definition) is 2. The molecule has 0 aliphatic heterocycles. The lowest BCUT2D eigenvalue weighted by molar-refractivity contribution is -0.385. The molecule has 2 aromatic rings. The molecule has 0 unspecified atom stereocenters. The van der Waals surface area contributed by atoms with E-state index in [0.29, 0.717) is 12.1 Å². The van der Waals surface area contributed by atoms with Crippen LogP contribution in [0.25, 0.3) is 0 Å². The molecule has 6 nitrogen and oxygen atoms in total. The van der Waals surface area contributed by atoms with Crippen molar-refractivity contribution in [1.82, 2.24) is 10.2 Å². The van der Waals surface area contributed by atoms with E-state index in [1.165, 1.54) is 6.07 Å². The van der Waals surface area contributed by atoms with Crippen molar-refractivity contribution >= 4 is 27.3 Å². The van der Waals surface area contributed by atoms with Gasteiger partial charge in [0.1, 0.15) is 0 Å². The molecule has 7 heteroatoms. The maximum Gasteiger partial charge on any atom is 0.274 e. The Balaban J connectivity index is 2.19. The van der Waals surface area contributed by atoms with Gasteiger partial charge in [-0.1, -0.05) is 15.9 Å². The molecular formula is C10H9BrN4O2. The second-order valence-corrected chi connectivity index (χ2v) is 4.29. The molecule has 0 atom stereocenters. The average molecular weight is 297 g/mol. The van der Waals surface area contributed by atoms with Crippen LogP contribution in [0, 0.1) is 10.1 Å². The first-order valence-electron chi connectivity index (χ1n) is 4.82. The molecule has 0 saturated heterocycles. The van der Waals surface area contributed by atoms with Gasteiger partial charge in [0.2, 0.25) is 0 Å². The van der Waals surface area contributed by atoms with Crippen LogP contribution in [0.2, 0.25) is 0 Å². The molecule has 2 N–H and O–H groups in total. The molecule has 1 aromatic carbocycles. The van der Waals surface area contributed by atoms with E-state index in [4.69, 9.17) is 0 Å². The van der Waals surface area contributed by atoms with Crippen molar-refractivity contribution in [1.29, 1.82) is 0 Å². The van der Waals surface area contributed by atoms with Crippen LogP contribution in [0.15, 0.2) is 35.1 Å². The first kappa shape index (κ1) is 11.6. The predicted octanol–water partition coefficient (Wildman–Crippen LogP) is 2.69. The summed E-state index contributed by atoms with van der Waals surface area (Å²) >= 11 is 3.30. The highest BCUT2D eigenvalue weighted by Crippen LogP contribution is 2.23. The van der Waals surface area contributed by atoms with Crippen molar-refractivity contribution in [3.8, 4) is 0 Å². The molecule has 0 bridgehead atoms. The maximum atomic E-state index is 10.8. The quantitative estimate of drug-likeness (QED) is 0.671. The summed E-state index contributed by atoms with van der Waals surface area (Å²) in [5.41, 5.74) is 1.51. The lowest BCUT2D eigenvalue weighted by Gasteiger charge is -2.05. The predicted molar refractivity (Wildman–Crippen MR) is 66.7 cm³/mol. The molecule has 0 saturated carbocycles. The molecule has 1 heterocycles. The highest BCUT2D eigenvalue weighted by atomic mass is 79.9. The van der Waals surface area contributed by atoms with Gasteiger partial charge < -0.3 is 5.32 Å². The van der Waals surface area contributed by atoms with Gasteiger partial charge in [-0.15, -0.1) is 0 Å². The third kappa shape index (κ3) is 2.82. The summed E-state index contributed by atoms with van der Waals surface area (Å²) in [4.78, 5) is 10.4. The Bertz CT molecular complexity index is 527. The van der Waals surface area contributed by atoms with E-state index >= 15 is 0 Å². The van der Waals surface area contributed by atoms with Gasteiger partial charge >= 0.3 is 0 Å². The largest absolute Gasteiger partial charge is 0.378 e. The maximum absolute atomic E-state index is 10.8. The normalized spacial score (nSPS) is 10.2. The number of nitro benzene ring substituents is 1. The molecule has 2 rings (SSSR count). The van der Waals surface area contributed by atoms with Gasteiger partial charge in [0.25, 0.3) is 5.69 Å². The zero-order valence-electron chi connectivity index (χ0n) is 8.68. The number of rotatable bonds is 4. The third-order valence-corrected chi connectivity index (χ3v) is 2.71. The second-order valence-electron chi connectivity index (χ2n) is 3.37. The molecule has 88 valence electrons. The lowest BCUT2D eigenvalue weighted by Crippen LogP contribution is -2.02. The molecule has 0 radical (unpaired) electrons. The second kappa shape index (κ2) is 4.96. The minimum atomic E-state index is -0.390. The third-order valence-electron chi connectivity index (χ3n) is 2.22. The van der Waals surface area contributed by atoms with Gasteiger partial charge in [-0.2, -0.15) is 5.10 Å². The standard InChI is InChI=1S/C10H9BrN4O2/c11-8-1-2-10(15(16)17)7(3-8)4-12-9-5-13-14-6-9/h1-3,5-6,12H,4H2,(H,13,14). The van der Waals surface area contributed by atoms with Gasteiger partial charge in [0.05, 0.1) is 16.8 Å². The summed E-state index contributed by atoms with van der Waals surface area (Å²) in [6.07, 6.45) is 3.30. The minimum absolute atomic E-state index is 0.101. The fourth-order valence-electron chi connectivity index (χ4n) is 1.42. The molecule has 0 amide bonds. The van der Waals surface area contributed by atoms with Gasteiger partial charge in [0.15, 0.2) is 0 Å². The number of nitrogens with one attached hydrogen (secondary N) is 2. The van der Waals surface area contributed by atoms with Gasteiger partial charge in [-0.3, -0.25) is 15.2 Å². The van der Waals surface area contributed by atoms with Crippen molar-refractivity contribution in [3.63, 3.8) is 0 Å². The Morgan fingerprint density at radius 3 is 3.00 bits per heavy atom. The summed E-state index contributed by atoms with van der Waals surface area (Å²) < 4.78 is 0.812. The topological polar surface area (TPSA) is 83.8 Å². The van der Waals surface area contributed by atoms with Crippen LogP contribution in [-0.4, -0.2) is 15.1 Å². The SMILES string of the molecule is O=[N+]([O-])c1ccc(Br)cc1CNc1cn[nH]c1. The molecular weight excluding hydrogens is 288 g/mol. The summed E-state index contributed by atoms with van der Waals surface area (Å²) in [7, 11) is 0. The molecule has 1 aromatic heterocycles. The van der Waals surface area contributed by atoms with Crippen molar-refractivity contribution in [2.24, 2.45) is 0 Å². The van der Waals surface area contributed by atoms with Crippen LogP contribution in [0.1, 0.15) is 5.56 Å². The van der Waals surface area contributed by atoms with Gasteiger partial charge in [-0.25, -0.2) is 0 Å². The number of anilines is 1. The first-order chi connectivity index (χ1) is 8.16. The Morgan fingerprint density at radius 1 is 1.53 bits per heavy atom. The molecule has 17 heavy (non-hydrogen) atoms. The number of halogens is 1. The fourth-order valence-corrected chi connectivity index (χ4v) is 1.83. The van der Waals surface area contributed by atoms with Crippen molar-refractivity contribution in [2.45, 2.75) is 6.54 Å². The number of nitrogens with zero attached hydrogens (tertiary/aromatic N) is 2. The van der Waals surface area contributed by atoms with E-state index in [1.807, 2.05) is 0 Å². The van der Waals surface area contributed by atoms with E-state index < -0.39 is 4.92 Å². The van der Waals surface area contributed by atoms with Crippen molar-refractivity contribution < 1.29 is 4.92 Å². The average Bonchev–Trinajstić information content (AvgIpc) is 2.78.